The summed E-state index contributed by atoms with van der Waals surface area (Å²) in [5.41, 5.74) is -0.314. The normalized spacial score (nSPS) is 21.5. The summed E-state index contributed by atoms with van der Waals surface area (Å²) in [4.78, 5) is 90.1. The molecule has 1 aliphatic heterocycles. The van der Waals surface area contributed by atoms with Crippen LogP contribution in [0.1, 0.15) is 96.6 Å². The van der Waals surface area contributed by atoms with Crippen LogP contribution in [0.25, 0.3) is 10.4 Å². The highest BCUT2D eigenvalue weighted by atomic mass is 32.1. The number of thiazole rings is 1. The fourth-order valence-corrected chi connectivity index (χ4v) is 8.67. The monoisotopic (exact) mass is 763 g/mol. The number of nitrogens with zero attached hydrogens (tertiary/aromatic N) is 3. The third-order valence-electron chi connectivity index (χ3n) is 11.0. The number of rotatable bonds is 12. The Kier molecular flexibility index (Phi) is 11.7. The summed E-state index contributed by atoms with van der Waals surface area (Å²) in [5, 5.41) is 11.8. The molecule has 54 heavy (non-hydrogen) atoms. The molecule has 4 N–H and O–H groups in total. The van der Waals surface area contributed by atoms with Crippen LogP contribution in [-0.2, 0) is 25.7 Å². The second-order valence-electron chi connectivity index (χ2n) is 18.0. The van der Waals surface area contributed by atoms with Crippen molar-refractivity contribution in [3.05, 3.63) is 41.0 Å². The summed E-state index contributed by atoms with van der Waals surface area (Å²) >= 11 is 1.27. The number of nitrogens with one attached hydrogen (secondary N) is 4. The van der Waals surface area contributed by atoms with Gasteiger partial charge >= 0.3 is 6.03 Å². The molecule has 1 aromatic carbocycles. The Hall–Kier alpha value is -4.33. The topological polar surface area (TPSA) is 170 Å². The van der Waals surface area contributed by atoms with Gasteiger partial charge < -0.3 is 31.1 Å². The maximum absolute atomic E-state index is 14.3. The number of likely N-dealkylation sites (tertiary alicyclic amines) is 1. The third-order valence-corrected chi connectivity index (χ3v) is 12.1. The molecule has 5 atom stereocenters. The molecule has 294 valence electrons. The molecule has 0 bridgehead atoms. The van der Waals surface area contributed by atoms with Gasteiger partial charge in [-0.05, 0) is 61.3 Å². The lowest BCUT2D eigenvalue weighted by atomic mass is 9.80. The van der Waals surface area contributed by atoms with Crippen molar-refractivity contribution in [2.75, 3.05) is 20.6 Å². The van der Waals surface area contributed by atoms with Gasteiger partial charge in [-0.25, -0.2) is 9.78 Å². The highest BCUT2D eigenvalue weighted by molar-refractivity contribution is 7.15. The summed E-state index contributed by atoms with van der Waals surface area (Å²) in [6.07, 6.45) is 3.12. The Labute approximate surface area is 322 Å². The second-order valence-corrected chi connectivity index (χ2v) is 19.1. The molecule has 1 aromatic heterocycles. The van der Waals surface area contributed by atoms with Crippen LogP contribution in [-0.4, -0.2) is 94.5 Å². The SMILES string of the molecule is CN(C)C(=O)c1nc(CNC(=O)C(=O)C(CC2CCC2)NC(=O)[C@@H]2[C@@H]3C(CN2C(=O)[C@@H](NC(=O)NC(C)(C)C)C(C)(C)C)C3(C)C)sc1-c1ccccc1. The first-order chi connectivity index (χ1) is 25.1. The number of ketones is 1. The van der Waals surface area contributed by atoms with E-state index in [9.17, 15) is 28.8 Å². The number of aromatic nitrogens is 1. The van der Waals surface area contributed by atoms with Gasteiger partial charge in [0.1, 0.15) is 22.8 Å². The van der Waals surface area contributed by atoms with Crippen LogP contribution in [0.3, 0.4) is 0 Å². The van der Waals surface area contributed by atoms with E-state index in [1.165, 1.54) is 16.2 Å². The highest BCUT2D eigenvalue weighted by Crippen LogP contribution is 2.65. The van der Waals surface area contributed by atoms with Crippen molar-refractivity contribution in [3.63, 3.8) is 0 Å². The van der Waals surface area contributed by atoms with Crippen molar-refractivity contribution in [2.24, 2.45) is 28.6 Å². The van der Waals surface area contributed by atoms with Crippen molar-refractivity contribution < 1.29 is 28.8 Å². The number of fused-ring (bicyclic) bond motifs is 1. The van der Waals surface area contributed by atoms with Gasteiger partial charge in [-0.15, -0.1) is 11.3 Å². The summed E-state index contributed by atoms with van der Waals surface area (Å²) in [5.74, 6) is -2.62. The van der Waals surface area contributed by atoms with E-state index in [4.69, 9.17) is 0 Å². The number of urea groups is 1. The number of amides is 6. The quantitative estimate of drug-likeness (QED) is 0.233. The van der Waals surface area contributed by atoms with Crippen LogP contribution < -0.4 is 21.3 Å². The van der Waals surface area contributed by atoms with Crippen molar-refractivity contribution in [1.29, 1.82) is 0 Å². The minimum atomic E-state index is -1.09. The molecule has 13 nitrogen and oxygen atoms in total. The van der Waals surface area contributed by atoms with E-state index in [2.05, 4.69) is 40.1 Å². The maximum Gasteiger partial charge on any atom is 0.315 e. The molecule has 2 heterocycles. The Morgan fingerprint density at radius 3 is 2.19 bits per heavy atom. The van der Waals surface area contributed by atoms with E-state index < -0.39 is 52.7 Å². The first-order valence-electron chi connectivity index (χ1n) is 18.9. The van der Waals surface area contributed by atoms with Crippen molar-refractivity contribution in [1.82, 2.24) is 36.1 Å². The van der Waals surface area contributed by atoms with Crippen molar-refractivity contribution in [2.45, 2.75) is 111 Å². The smallest absolute Gasteiger partial charge is 0.315 e. The number of hydrogen-bond acceptors (Lipinski definition) is 8. The predicted octanol–water partition coefficient (Wildman–Crippen LogP) is 4.37. The van der Waals surface area contributed by atoms with Gasteiger partial charge in [-0.2, -0.15) is 0 Å². The molecule has 2 aliphatic carbocycles. The summed E-state index contributed by atoms with van der Waals surface area (Å²) < 4.78 is 0. The van der Waals surface area contributed by atoms with E-state index in [1.54, 1.807) is 19.0 Å². The zero-order valence-corrected chi connectivity index (χ0v) is 34.1. The Morgan fingerprint density at radius 2 is 1.63 bits per heavy atom. The standard InChI is InChI=1S/C40H57N7O6S/c1-38(2,3)32(44-37(53)45-39(4,5)6)36(52)47-21-24-27(40(24,7)8)29(47)33(49)42-25(19-22-15-14-16-22)30(48)34(50)41-20-26-43-28(35(51)46(9)10)31(54-26)23-17-12-11-13-18-23/h11-13,17-18,22,24-25,27,29,32H,14-16,19-21H2,1-10H3,(H,41,50)(H,42,49)(H2,44,45,53)/t24?,25?,27-,29-,32+/m0/s1. The zero-order valence-electron chi connectivity index (χ0n) is 33.3. The Balaban J connectivity index is 1.33. The number of Topliss-reactive ketones (excluding diaryl/α,β-unsaturated/α-hetero) is 1. The van der Waals surface area contributed by atoms with Crippen LogP contribution in [0, 0.1) is 28.6 Å². The molecule has 14 heteroatoms. The molecule has 0 spiro atoms. The maximum atomic E-state index is 14.3. The largest absolute Gasteiger partial charge is 0.344 e. The van der Waals surface area contributed by atoms with Crippen LogP contribution >= 0.6 is 11.3 Å². The molecule has 2 unspecified atom stereocenters. The number of hydrogen-bond donors (Lipinski definition) is 4. The summed E-state index contributed by atoms with van der Waals surface area (Å²) in [6, 6.07) is 6.03. The average Bonchev–Trinajstić information content (AvgIpc) is 3.41. The molecule has 3 aliphatic rings. The lowest BCUT2D eigenvalue weighted by Gasteiger charge is -2.38. The molecule has 3 fully saturated rings. The molecule has 2 saturated carbocycles. The van der Waals surface area contributed by atoms with Crippen LogP contribution in [0.2, 0.25) is 0 Å². The van der Waals surface area contributed by atoms with E-state index in [0.717, 1.165) is 24.8 Å². The zero-order chi connectivity index (χ0) is 39.9. The van der Waals surface area contributed by atoms with Gasteiger partial charge in [0.05, 0.1) is 17.5 Å². The van der Waals surface area contributed by atoms with Gasteiger partial charge in [0.25, 0.3) is 11.8 Å². The molecule has 2 aromatic rings. The minimum absolute atomic E-state index is 0.0767. The third kappa shape index (κ3) is 8.96. The van der Waals surface area contributed by atoms with Crippen molar-refractivity contribution >= 4 is 46.8 Å². The molecule has 5 rings (SSSR count). The van der Waals surface area contributed by atoms with Crippen LogP contribution in [0.5, 0.6) is 0 Å². The highest BCUT2D eigenvalue weighted by Gasteiger charge is 2.70. The molecule has 6 amide bonds. The fourth-order valence-electron chi connectivity index (χ4n) is 7.67. The van der Waals surface area contributed by atoms with Gasteiger partial charge in [0, 0.05) is 26.2 Å². The van der Waals surface area contributed by atoms with Crippen molar-refractivity contribution in [3.8, 4) is 10.4 Å². The lowest BCUT2D eigenvalue weighted by Crippen LogP contribution is -2.62. The predicted molar refractivity (Wildman–Crippen MR) is 207 cm³/mol. The molecule has 0 radical (unpaired) electrons. The minimum Gasteiger partial charge on any atom is -0.344 e. The lowest BCUT2D eigenvalue weighted by molar-refractivity contribution is -0.145. The Morgan fingerprint density at radius 1 is 0.981 bits per heavy atom. The number of carbonyl (C=O) groups is 6. The van der Waals surface area contributed by atoms with E-state index in [1.807, 2.05) is 71.9 Å². The first kappa shape index (κ1) is 40.8. The Bertz CT molecular complexity index is 1770. The van der Waals surface area contributed by atoms with E-state index >= 15 is 0 Å². The number of piperidine rings is 1. The molecular formula is C40H57N7O6S. The number of carbonyl (C=O) groups excluding carboxylic acids is 6. The summed E-state index contributed by atoms with van der Waals surface area (Å²) in [7, 11) is 3.29. The summed E-state index contributed by atoms with van der Waals surface area (Å²) in [6.45, 7) is 15.6. The van der Waals surface area contributed by atoms with Crippen LogP contribution in [0.4, 0.5) is 4.79 Å². The van der Waals surface area contributed by atoms with Gasteiger partial charge in [0.15, 0.2) is 0 Å². The van der Waals surface area contributed by atoms with Gasteiger partial charge in [-0.1, -0.05) is 84.2 Å². The molecular weight excluding hydrogens is 707 g/mol. The first-order valence-corrected chi connectivity index (χ1v) is 19.7. The second kappa shape index (κ2) is 15.4. The van der Waals surface area contributed by atoms with Gasteiger partial charge in [0.2, 0.25) is 17.6 Å². The fraction of sp³-hybridized carbons (Fsp3) is 0.625. The molecule has 1 saturated heterocycles. The number of benzene rings is 1. The van der Waals surface area contributed by atoms with E-state index in [-0.39, 0.29) is 47.2 Å². The van der Waals surface area contributed by atoms with Gasteiger partial charge in [-0.3, -0.25) is 24.0 Å². The van der Waals surface area contributed by atoms with Crippen LogP contribution in [0.15, 0.2) is 30.3 Å². The van der Waals surface area contributed by atoms with E-state index in [0.29, 0.717) is 22.9 Å². The average molecular weight is 764 g/mol.